The first-order valence-corrected chi connectivity index (χ1v) is 11.9. The molecule has 1 aliphatic heterocycles. The minimum absolute atomic E-state index is 0.157. The standard InChI is InChI=1S/C27H34N2O3/c1-3-15-28-16-17-29(26(30)20-10-8-11-20)19-22(27(28)31)18-21-9-4-5-12-23(21)24-13-6-7-14-25(24)32-2/h4-7,9,12-14,20,22H,3,8,10-11,15-19H2,1-2H3. The van der Waals surface area contributed by atoms with Crippen LogP contribution in [0.4, 0.5) is 0 Å². The zero-order chi connectivity index (χ0) is 22.5. The first-order chi connectivity index (χ1) is 15.6. The van der Waals surface area contributed by atoms with Gasteiger partial charge in [0.2, 0.25) is 11.8 Å². The van der Waals surface area contributed by atoms with Crippen LogP contribution in [-0.2, 0) is 16.0 Å². The number of rotatable bonds is 7. The molecule has 1 saturated heterocycles. The highest BCUT2D eigenvalue weighted by molar-refractivity contribution is 5.84. The lowest BCUT2D eigenvalue weighted by atomic mass is 9.84. The normalized spacial score (nSPS) is 19.4. The first-order valence-electron chi connectivity index (χ1n) is 11.9. The van der Waals surface area contributed by atoms with E-state index in [-0.39, 0.29) is 23.7 Å². The van der Waals surface area contributed by atoms with Gasteiger partial charge in [0.15, 0.2) is 0 Å². The van der Waals surface area contributed by atoms with Gasteiger partial charge in [-0.1, -0.05) is 55.8 Å². The number of methoxy groups -OCH3 is 1. The van der Waals surface area contributed by atoms with Gasteiger partial charge in [-0.2, -0.15) is 0 Å². The van der Waals surface area contributed by atoms with Crippen LogP contribution >= 0.6 is 0 Å². The van der Waals surface area contributed by atoms with Crippen molar-refractivity contribution in [2.45, 2.75) is 39.0 Å². The fourth-order valence-electron chi connectivity index (χ4n) is 4.90. The SMILES string of the molecule is CCCN1CCN(C(=O)C2CCC2)CC(Cc2ccccc2-c2ccccc2OC)C1=O. The summed E-state index contributed by atoms with van der Waals surface area (Å²) in [5.41, 5.74) is 3.23. The number of ether oxygens (including phenoxy) is 1. The predicted octanol–water partition coefficient (Wildman–Crippen LogP) is 4.40. The van der Waals surface area contributed by atoms with Crippen LogP contribution in [0.25, 0.3) is 11.1 Å². The number of amides is 2. The quantitative estimate of drug-likeness (QED) is 0.649. The Bertz CT molecular complexity index is 953. The summed E-state index contributed by atoms with van der Waals surface area (Å²) in [5, 5.41) is 0. The maximum absolute atomic E-state index is 13.5. The van der Waals surface area contributed by atoms with Crippen LogP contribution in [0.3, 0.4) is 0 Å². The van der Waals surface area contributed by atoms with Gasteiger partial charge in [-0.3, -0.25) is 9.59 Å². The summed E-state index contributed by atoms with van der Waals surface area (Å²) < 4.78 is 5.60. The van der Waals surface area contributed by atoms with Gasteiger partial charge in [0.05, 0.1) is 13.0 Å². The lowest BCUT2D eigenvalue weighted by molar-refractivity contribution is -0.138. The van der Waals surface area contributed by atoms with Gasteiger partial charge < -0.3 is 14.5 Å². The van der Waals surface area contributed by atoms with Gasteiger partial charge in [0.1, 0.15) is 5.75 Å². The van der Waals surface area contributed by atoms with E-state index in [1.807, 2.05) is 40.1 Å². The number of para-hydroxylation sites is 1. The molecule has 4 rings (SSSR count). The number of carbonyl (C=O) groups is 2. The Balaban J connectivity index is 1.63. The number of hydrogen-bond acceptors (Lipinski definition) is 3. The summed E-state index contributed by atoms with van der Waals surface area (Å²) in [4.78, 5) is 30.5. The molecule has 1 atom stereocenters. The fourth-order valence-corrected chi connectivity index (χ4v) is 4.90. The van der Waals surface area contributed by atoms with Gasteiger partial charge in [-0.05, 0) is 42.9 Å². The van der Waals surface area contributed by atoms with Crippen LogP contribution in [0.1, 0.15) is 38.2 Å². The Labute approximate surface area is 191 Å². The third-order valence-electron chi connectivity index (χ3n) is 6.88. The van der Waals surface area contributed by atoms with Crippen LogP contribution in [0.5, 0.6) is 5.75 Å². The zero-order valence-electron chi connectivity index (χ0n) is 19.3. The zero-order valence-corrected chi connectivity index (χ0v) is 19.3. The maximum Gasteiger partial charge on any atom is 0.227 e. The molecule has 2 fully saturated rings. The van der Waals surface area contributed by atoms with E-state index in [1.54, 1.807) is 7.11 Å². The second-order valence-corrected chi connectivity index (χ2v) is 9.00. The molecule has 0 N–H and O–H groups in total. The average Bonchev–Trinajstić information content (AvgIpc) is 2.93. The molecule has 0 spiro atoms. The molecule has 1 heterocycles. The van der Waals surface area contributed by atoms with E-state index in [0.29, 0.717) is 26.1 Å². The van der Waals surface area contributed by atoms with E-state index >= 15 is 0 Å². The van der Waals surface area contributed by atoms with Gasteiger partial charge in [-0.15, -0.1) is 0 Å². The first kappa shape index (κ1) is 22.4. The molecule has 5 nitrogen and oxygen atoms in total. The smallest absolute Gasteiger partial charge is 0.227 e. The summed E-state index contributed by atoms with van der Waals surface area (Å²) in [6.07, 6.45) is 4.65. The van der Waals surface area contributed by atoms with E-state index in [9.17, 15) is 9.59 Å². The Morgan fingerprint density at radius 3 is 2.44 bits per heavy atom. The van der Waals surface area contributed by atoms with Crippen molar-refractivity contribution in [1.29, 1.82) is 0 Å². The molecule has 0 aromatic heterocycles. The second kappa shape index (κ2) is 10.2. The van der Waals surface area contributed by atoms with Crippen molar-refractivity contribution in [2.24, 2.45) is 11.8 Å². The monoisotopic (exact) mass is 434 g/mol. The van der Waals surface area contributed by atoms with Crippen molar-refractivity contribution in [3.63, 3.8) is 0 Å². The van der Waals surface area contributed by atoms with Crippen molar-refractivity contribution >= 4 is 11.8 Å². The minimum atomic E-state index is -0.232. The summed E-state index contributed by atoms with van der Waals surface area (Å²) in [5.74, 6) is 1.16. The van der Waals surface area contributed by atoms with Crippen LogP contribution < -0.4 is 4.74 Å². The molecule has 5 heteroatoms. The number of hydrogen-bond donors (Lipinski definition) is 0. The van der Waals surface area contributed by atoms with Crippen molar-refractivity contribution in [2.75, 3.05) is 33.3 Å². The Morgan fingerprint density at radius 2 is 1.75 bits per heavy atom. The molecule has 2 aliphatic rings. The van der Waals surface area contributed by atoms with Gasteiger partial charge in [0.25, 0.3) is 0 Å². The molecule has 1 aliphatic carbocycles. The third kappa shape index (κ3) is 4.67. The van der Waals surface area contributed by atoms with Gasteiger partial charge >= 0.3 is 0 Å². The fraction of sp³-hybridized carbons (Fsp3) is 0.481. The topological polar surface area (TPSA) is 49.9 Å². The Kier molecular flexibility index (Phi) is 7.13. The van der Waals surface area contributed by atoms with Gasteiger partial charge in [0, 0.05) is 37.7 Å². The van der Waals surface area contributed by atoms with E-state index in [4.69, 9.17) is 4.74 Å². The second-order valence-electron chi connectivity index (χ2n) is 9.00. The molecule has 0 bridgehead atoms. The molecule has 2 aromatic rings. The highest BCUT2D eigenvalue weighted by Crippen LogP contribution is 2.34. The summed E-state index contributed by atoms with van der Waals surface area (Å²) in [7, 11) is 1.68. The molecule has 1 saturated carbocycles. The van der Waals surface area contributed by atoms with Crippen molar-refractivity contribution in [3.8, 4) is 16.9 Å². The van der Waals surface area contributed by atoms with E-state index in [0.717, 1.165) is 54.7 Å². The molecule has 0 radical (unpaired) electrons. The summed E-state index contributed by atoms with van der Waals surface area (Å²) in [6, 6.07) is 16.2. The largest absolute Gasteiger partial charge is 0.496 e. The highest BCUT2D eigenvalue weighted by atomic mass is 16.5. The van der Waals surface area contributed by atoms with Crippen molar-refractivity contribution in [3.05, 3.63) is 54.1 Å². The third-order valence-corrected chi connectivity index (χ3v) is 6.88. The summed E-state index contributed by atoms with van der Waals surface area (Å²) >= 11 is 0. The van der Waals surface area contributed by atoms with Crippen LogP contribution in [-0.4, -0.2) is 54.9 Å². The van der Waals surface area contributed by atoms with Crippen LogP contribution in [0.2, 0.25) is 0 Å². The molecule has 2 amide bonds. The predicted molar refractivity (Wildman–Crippen MR) is 126 cm³/mol. The van der Waals surface area contributed by atoms with Gasteiger partial charge in [-0.25, -0.2) is 0 Å². The molecule has 170 valence electrons. The Morgan fingerprint density at radius 1 is 1.03 bits per heavy atom. The lowest BCUT2D eigenvalue weighted by Crippen LogP contribution is -2.42. The van der Waals surface area contributed by atoms with E-state index in [2.05, 4.69) is 25.1 Å². The Hall–Kier alpha value is -2.82. The lowest BCUT2D eigenvalue weighted by Gasteiger charge is -2.32. The number of benzene rings is 2. The van der Waals surface area contributed by atoms with Crippen molar-refractivity contribution in [1.82, 2.24) is 9.80 Å². The average molecular weight is 435 g/mol. The molecule has 32 heavy (non-hydrogen) atoms. The molecular formula is C27H34N2O3. The maximum atomic E-state index is 13.5. The van der Waals surface area contributed by atoms with Crippen LogP contribution in [0, 0.1) is 11.8 Å². The molecule has 1 unspecified atom stereocenters. The van der Waals surface area contributed by atoms with Crippen LogP contribution in [0.15, 0.2) is 48.5 Å². The molecular weight excluding hydrogens is 400 g/mol. The number of nitrogens with zero attached hydrogens (tertiary/aromatic N) is 2. The molecule has 2 aromatic carbocycles. The van der Waals surface area contributed by atoms with E-state index in [1.165, 1.54) is 0 Å². The van der Waals surface area contributed by atoms with E-state index < -0.39 is 0 Å². The highest BCUT2D eigenvalue weighted by Gasteiger charge is 2.36. The minimum Gasteiger partial charge on any atom is -0.496 e. The number of carbonyl (C=O) groups excluding carboxylic acids is 2. The summed E-state index contributed by atoms with van der Waals surface area (Å²) in [6.45, 7) is 4.63. The van der Waals surface area contributed by atoms with Crippen molar-refractivity contribution < 1.29 is 14.3 Å².